The van der Waals surface area contributed by atoms with E-state index in [2.05, 4.69) is 31.0 Å². The van der Waals surface area contributed by atoms with Gasteiger partial charge in [-0.25, -0.2) is 0 Å². The number of hydrogen-bond acceptors (Lipinski definition) is 4. The van der Waals surface area contributed by atoms with Gasteiger partial charge >= 0.3 is 0 Å². The quantitative estimate of drug-likeness (QED) is 0.894. The van der Waals surface area contributed by atoms with Crippen LogP contribution in [0, 0.1) is 0 Å². The molecule has 3 nitrogen and oxygen atoms in total. The van der Waals surface area contributed by atoms with E-state index in [9.17, 15) is 0 Å². The number of thioether (sulfide) groups is 1. The summed E-state index contributed by atoms with van der Waals surface area (Å²) in [6.07, 6.45) is 5.13. The Labute approximate surface area is 107 Å². The summed E-state index contributed by atoms with van der Waals surface area (Å²) < 4.78 is 5.61. The molecule has 2 heterocycles. The van der Waals surface area contributed by atoms with E-state index in [1.807, 2.05) is 24.2 Å². The van der Waals surface area contributed by atoms with Gasteiger partial charge in [-0.15, -0.1) is 11.8 Å². The van der Waals surface area contributed by atoms with Gasteiger partial charge in [-0.2, -0.15) is 0 Å². The summed E-state index contributed by atoms with van der Waals surface area (Å²) in [5.41, 5.74) is 7.37. The topological polar surface area (TPSA) is 48.1 Å². The Bertz CT molecular complexity index is 345. The summed E-state index contributed by atoms with van der Waals surface area (Å²) in [5, 5.41) is 0.881. The molecule has 1 aromatic rings. The van der Waals surface area contributed by atoms with Crippen LogP contribution in [0.1, 0.15) is 31.1 Å². The third kappa shape index (κ3) is 3.21. The Balaban J connectivity index is 2.08. The fourth-order valence-electron chi connectivity index (χ4n) is 2.14. The van der Waals surface area contributed by atoms with Crippen LogP contribution in [0.4, 0.5) is 0 Å². The molecule has 0 amide bonds. The van der Waals surface area contributed by atoms with E-state index >= 15 is 0 Å². The van der Waals surface area contributed by atoms with Crippen LogP contribution in [-0.2, 0) is 4.74 Å². The maximum Gasteiger partial charge on any atom is 0.0666 e. The largest absolute Gasteiger partial charge is 0.377 e. The van der Waals surface area contributed by atoms with Crippen LogP contribution in [-0.4, -0.2) is 29.0 Å². The molecule has 0 bridgehead atoms. The second kappa shape index (κ2) is 5.85. The van der Waals surface area contributed by atoms with Crippen molar-refractivity contribution in [2.75, 3.05) is 6.61 Å². The van der Waals surface area contributed by atoms with Crippen LogP contribution in [0.5, 0.6) is 0 Å². The fourth-order valence-corrected chi connectivity index (χ4v) is 3.61. The highest BCUT2D eigenvalue weighted by atomic mass is 32.2. The number of aromatic nitrogens is 1. The third-order valence-electron chi connectivity index (χ3n) is 3.14. The summed E-state index contributed by atoms with van der Waals surface area (Å²) >= 11 is 1.94. The van der Waals surface area contributed by atoms with Crippen molar-refractivity contribution >= 4 is 11.8 Å². The van der Waals surface area contributed by atoms with Gasteiger partial charge in [0.2, 0.25) is 0 Å². The second-order valence-electron chi connectivity index (χ2n) is 4.60. The molecule has 1 aliphatic heterocycles. The van der Waals surface area contributed by atoms with Gasteiger partial charge in [-0.1, -0.05) is 0 Å². The number of nitrogens with zero attached hydrogens (tertiary/aromatic N) is 1. The van der Waals surface area contributed by atoms with Crippen molar-refractivity contribution in [1.82, 2.24) is 4.98 Å². The first kappa shape index (κ1) is 12.9. The lowest BCUT2D eigenvalue weighted by atomic mass is 10.1. The number of hydrogen-bond donors (Lipinski definition) is 1. The van der Waals surface area contributed by atoms with Gasteiger partial charge in [-0.05, 0) is 38.0 Å². The van der Waals surface area contributed by atoms with Gasteiger partial charge in [0.1, 0.15) is 0 Å². The summed E-state index contributed by atoms with van der Waals surface area (Å²) in [7, 11) is 0. The van der Waals surface area contributed by atoms with Crippen molar-refractivity contribution in [2.45, 2.75) is 42.9 Å². The molecule has 4 heteroatoms. The van der Waals surface area contributed by atoms with E-state index in [1.54, 1.807) is 0 Å². The van der Waals surface area contributed by atoms with Crippen LogP contribution >= 0.6 is 11.8 Å². The maximum absolute atomic E-state index is 6.11. The van der Waals surface area contributed by atoms with Crippen LogP contribution < -0.4 is 5.73 Å². The predicted octanol–water partition coefficient (Wildman–Crippen LogP) is 2.38. The third-order valence-corrected chi connectivity index (χ3v) is 5.10. The van der Waals surface area contributed by atoms with Crippen LogP contribution in [0.15, 0.2) is 24.5 Å². The zero-order valence-electron chi connectivity index (χ0n) is 10.4. The van der Waals surface area contributed by atoms with Crippen molar-refractivity contribution in [2.24, 2.45) is 5.73 Å². The van der Waals surface area contributed by atoms with Crippen molar-refractivity contribution in [3.05, 3.63) is 30.1 Å². The van der Waals surface area contributed by atoms with Crippen molar-refractivity contribution in [1.29, 1.82) is 0 Å². The molecule has 4 atom stereocenters. The average Bonchev–Trinajstić information content (AvgIpc) is 2.72. The molecule has 17 heavy (non-hydrogen) atoms. The lowest BCUT2D eigenvalue weighted by Gasteiger charge is -2.25. The Morgan fingerprint density at radius 3 is 2.71 bits per heavy atom. The number of nitrogens with two attached hydrogens (primary N) is 1. The summed E-state index contributed by atoms with van der Waals surface area (Å²) in [4.78, 5) is 4.06. The SMILES string of the molecule is CC(N)C(SC1CCOC1C)c1ccncc1. The van der Waals surface area contributed by atoms with E-state index in [0.717, 1.165) is 13.0 Å². The number of rotatable bonds is 4. The minimum Gasteiger partial charge on any atom is -0.377 e. The standard InChI is InChI=1S/C13H20N2OS/c1-9(14)13(11-3-6-15-7-4-11)17-12-5-8-16-10(12)2/h3-4,6-7,9-10,12-13H,5,8,14H2,1-2H3. The number of ether oxygens (including phenoxy) is 1. The van der Waals surface area contributed by atoms with Gasteiger partial charge in [0, 0.05) is 35.5 Å². The predicted molar refractivity (Wildman–Crippen MR) is 72.0 cm³/mol. The molecule has 0 spiro atoms. The first-order valence-electron chi connectivity index (χ1n) is 6.11. The Kier molecular flexibility index (Phi) is 4.42. The molecule has 0 saturated carbocycles. The summed E-state index contributed by atoms with van der Waals surface area (Å²) in [6, 6.07) is 4.25. The molecule has 0 aromatic carbocycles. The zero-order valence-corrected chi connectivity index (χ0v) is 11.2. The first-order valence-corrected chi connectivity index (χ1v) is 7.05. The maximum atomic E-state index is 6.11. The van der Waals surface area contributed by atoms with E-state index in [4.69, 9.17) is 10.5 Å². The molecular formula is C13H20N2OS. The Morgan fingerprint density at radius 1 is 1.47 bits per heavy atom. The smallest absolute Gasteiger partial charge is 0.0666 e. The van der Waals surface area contributed by atoms with Gasteiger partial charge in [0.15, 0.2) is 0 Å². The average molecular weight is 252 g/mol. The molecule has 94 valence electrons. The fraction of sp³-hybridized carbons (Fsp3) is 0.615. The lowest BCUT2D eigenvalue weighted by Crippen LogP contribution is -2.26. The van der Waals surface area contributed by atoms with Gasteiger partial charge < -0.3 is 10.5 Å². The Hall–Kier alpha value is -0.580. The number of pyridine rings is 1. The summed E-state index contributed by atoms with van der Waals surface area (Å²) in [6.45, 7) is 5.09. The van der Waals surface area contributed by atoms with Crippen molar-refractivity contribution < 1.29 is 4.74 Å². The van der Waals surface area contributed by atoms with Gasteiger partial charge in [-0.3, -0.25) is 4.98 Å². The highest BCUT2D eigenvalue weighted by Crippen LogP contribution is 2.39. The van der Waals surface area contributed by atoms with E-state index in [0.29, 0.717) is 16.6 Å². The molecule has 1 aliphatic rings. The molecule has 4 unspecified atom stereocenters. The summed E-state index contributed by atoms with van der Waals surface area (Å²) in [5.74, 6) is 0. The lowest BCUT2D eigenvalue weighted by molar-refractivity contribution is 0.127. The molecule has 1 saturated heterocycles. The first-order chi connectivity index (χ1) is 8.18. The second-order valence-corrected chi connectivity index (χ2v) is 5.98. The molecule has 2 N–H and O–H groups in total. The molecular weight excluding hydrogens is 232 g/mol. The van der Waals surface area contributed by atoms with Gasteiger partial charge in [0.05, 0.1) is 6.10 Å². The molecule has 1 fully saturated rings. The minimum absolute atomic E-state index is 0.134. The van der Waals surface area contributed by atoms with Crippen LogP contribution in [0.3, 0.4) is 0 Å². The molecule has 0 aliphatic carbocycles. The highest BCUT2D eigenvalue weighted by Gasteiger charge is 2.29. The zero-order chi connectivity index (χ0) is 12.3. The monoisotopic (exact) mass is 252 g/mol. The van der Waals surface area contributed by atoms with Crippen LogP contribution in [0.2, 0.25) is 0 Å². The van der Waals surface area contributed by atoms with E-state index in [-0.39, 0.29) is 6.04 Å². The molecule has 2 rings (SSSR count). The van der Waals surface area contributed by atoms with E-state index < -0.39 is 0 Å². The normalized spacial score (nSPS) is 27.9. The van der Waals surface area contributed by atoms with Crippen molar-refractivity contribution in [3.8, 4) is 0 Å². The molecule has 0 radical (unpaired) electrons. The van der Waals surface area contributed by atoms with E-state index in [1.165, 1.54) is 5.56 Å². The Morgan fingerprint density at radius 2 is 2.18 bits per heavy atom. The minimum atomic E-state index is 0.134. The van der Waals surface area contributed by atoms with Gasteiger partial charge in [0.25, 0.3) is 0 Å². The highest BCUT2D eigenvalue weighted by molar-refractivity contribution is 8.00. The van der Waals surface area contributed by atoms with Crippen molar-refractivity contribution in [3.63, 3.8) is 0 Å². The van der Waals surface area contributed by atoms with Crippen LogP contribution in [0.25, 0.3) is 0 Å². The molecule has 1 aromatic heterocycles.